The largest absolute Gasteiger partial charge is 0.416 e. The molecule has 0 saturated carbocycles. The molecule has 4 nitrogen and oxygen atoms in total. The van der Waals surface area contributed by atoms with E-state index in [1.165, 1.54) is 12.1 Å². The predicted octanol–water partition coefficient (Wildman–Crippen LogP) is 3.73. The lowest BCUT2D eigenvalue weighted by molar-refractivity contribution is -0.137. The van der Waals surface area contributed by atoms with Gasteiger partial charge in [-0.3, -0.25) is 0 Å². The lowest BCUT2D eigenvalue weighted by Crippen LogP contribution is -2.07. The van der Waals surface area contributed by atoms with Crippen LogP contribution in [-0.2, 0) is 6.18 Å². The van der Waals surface area contributed by atoms with Crippen LogP contribution >= 0.6 is 0 Å². The van der Waals surface area contributed by atoms with Crippen LogP contribution in [0.3, 0.4) is 0 Å². The summed E-state index contributed by atoms with van der Waals surface area (Å²) >= 11 is 0. The maximum Gasteiger partial charge on any atom is 0.416 e. The highest BCUT2D eigenvalue weighted by atomic mass is 19.4. The van der Waals surface area contributed by atoms with Crippen molar-refractivity contribution in [3.05, 3.63) is 46.6 Å². The third kappa shape index (κ3) is 3.11. The molecule has 0 amide bonds. The van der Waals surface area contributed by atoms with E-state index in [1.807, 2.05) is 6.07 Å². The summed E-state index contributed by atoms with van der Waals surface area (Å²) in [4.78, 5) is 0. The molecule has 1 aromatic carbocycles. The van der Waals surface area contributed by atoms with Crippen molar-refractivity contribution < 1.29 is 13.2 Å². The first kappa shape index (κ1) is 14.8. The summed E-state index contributed by atoms with van der Waals surface area (Å²) in [6.07, 6.45) is -4.43. The first-order chi connectivity index (χ1) is 9.82. The lowest BCUT2D eigenvalue weighted by atomic mass is 10.1. The summed E-state index contributed by atoms with van der Waals surface area (Å²) in [5, 5.41) is 19.6. The number of nitrogens with one attached hydrogen (secondary N) is 1. The second-order valence-electron chi connectivity index (χ2n) is 4.45. The average Bonchev–Trinajstić information content (AvgIpc) is 2.43. The number of rotatable bonds is 2. The van der Waals surface area contributed by atoms with Crippen molar-refractivity contribution >= 4 is 11.5 Å². The van der Waals surface area contributed by atoms with Gasteiger partial charge in [-0.1, -0.05) is 6.07 Å². The summed E-state index contributed by atoms with van der Waals surface area (Å²) in [7, 11) is 0. The Kier molecular flexibility index (Phi) is 3.80. The Bertz CT molecular complexity index is 717. The van der Waals surface area contributed by atoms with Crippen LogP contribution in [0.1, 0.15) is 22.4 Å². The Morgan fingerprint density at radius 2 is 1.90 bits per heavy atom. The minimum atomic E-state index is -4.43. The van der Waals surface area contributed by atoms with Crippen LogP contribution < -0.4 is 5.32 Å². The van der Waals surface area contributed by atoms with Gasteiger partial charge in [0, 0.05) is 5.69 Å². The van der Waals surface area contributed by atoms with E-state index in [1.54, 1.807) is 13.8 Å². The van der Waals surface area contributed by atoms with Gasteiger partial charge in [0.1, 0.15) is 11.6 Å². The van der Waals surface area contributed by atoms with Crippen LogP contribution in [0, 0.1) is 25.2 Å². The van der Waals surface area contributed by atoms with Crippen LogP contribution in [0.25, 0.3) is 0 Å². The molecule has 21 heavy (non-hydrogen) atoms. The third-order valence-corrected chi connectivity index (χ3v) is 3.02. The van der Waals surface area contributed by atoms with E-state index in [0.717, 1.165) is 12.1 Å². The third-order valence-electron chi connectivity index (χ3n) is 3.02. The highest BCUT2D eigenvalue weighted by Crippen LogP contribution is 2.31. The fourth-order valence-electron chi connectivity index (χ4n) is 1.74. The van der Waals surface area contributed by atoms with Crippen molar-refractivity contribution in [1.82, 2.24) is 10.2 Å². The quantitative estimate of drug-likeness (QED) is 0.916. The lowest BCUT2D eigenvalue weighted by Gasteiger charge is -2.12. The number of alkyl halides is 3. The van der Waals surface area contributed by atoms with E-state index in [0.29, 0.717) is 11.3 Å². The van der Waals surface area contributed by atoms with Crippen LogP contribution in [-0.4, -0.2) is 10.2 Å². The highest BCUT2D eigenvalue weighted by molar-refractivity contribution is 5.64. The number of nitriles is 1. The molecule has 0 unspecified atom stereocenters. The van der Waals surface area contributed by atoms with Crippen LogP contribution in [0.5, 0.6) is 0 Å². The standard InChI is InChI=1S/C14H11F3N4/c1-8-9(2)20-21-13(12(8)7-18)19-11-5-3-4-10(6-11)14(15,16)17/h3-6H,1-2H3,(H,19,21). The highest BCUT2D eigenvalue weighted by Gasteiger charge is 2.30. The molecule has 0 atom stereocenters. The number of nitrogens with zero attached hydrogens (tertiary/aromatic N) is 3. The molecular weight excluding hydrogens is 281 g/mol. The summed E-state index contributed by atoms with van der Waals surface area (Å²) < 4.78 is 38.0. The van der Waals surface area contributed by atoms with Gasteiger partial charge in [-0.05, 0) is 37.6 Å². The number of anilines is 2. The normalized spacial score (nSPS) is 11.0. The summed E-state index contributed by atoms with van der Waals surface area (Å²) in [6, 6.07) is 6.66. The molecule has 7 heteroatoms. The van der Waals surface area contributed by atoms with Gasteiger partial charge in [-0.25, -0.2) is 0 Å². The van der Waals surface area contributed by atoms with Crippen molar-refractivity contribution in [3.8, 4) is 6.07 Å². The molecule has 0 fully saturated rings. The number of hydrogen-bond acceptors (Lipinski definition) is 4. The maximum atomic E-state index is 12.7. The molecule has 0 bridgehead atoms. The minimum Gasteiger partial charge on any atom is -0.338 e. The molecular formula is C14H11F3N4. The number of halogens is 3. The molecule has 108 valence electrons. The molecule has 2 aromatic rings. The van der Waals surface area contributed by atoms with Gasteiger partial charge in [-0.2, -0.15) is 23.5 Å². The van der Waals surface area contributed by atoms with E-state index in [4.69, 9.17) is 5.26 Å². The zero-order valence-electron chi connectivity index (χ0n) is 11.3. The van der Waals surface area contributed by atoms with Gasteiger partial charge < -0.3 is 5.32 Å². The smallest absolute Gasteiger partial charge is 0.338 e. The molecule has 0 saturated heterocycles. The second kappa shape index (κ2) is 5.40. The maximum absolute atomic E-state index is 12.7. The van der Waals surface area contributed by atoms with Crippen molar-refractivity contribution in [2.24, 2.45) is 0 Å². The zero-order valence-corrected chi connectivity index (χ0v) is 11.3. The van der Waals surface area contributed by atoms with Crippen molar-refractivity contribution in [2.45, 2.75) is 20.0 Å². The number of aryl methyl sites for hydroxylation is 1. The summed E-state index contributed by atoms with van der Waals surface area (Å²) in [5.74, 6) is 0.139. The minimum absolute atomic E-state index is 0.139. The SMILES string of the molecule is Cc1nnc(Nc2cccc(C(F)(F)F)c2)c(C#N)c1C. The summed E-state index contributed by atoms with van der Waals surface area (Å²) in [5.41, 5.74) is 0.921. The number of hydrogen-bond donors (Lipinski definition) is 1. The Balaban J connectivity index is 2.40. The van der Waals surface area contributed by atoms with Crippen LogP contribution in [0.4, 0.5) is 24.7 Å². The van der Waals surface area contributed by atoms with Gasteiger partial charge in [0.2, 0.25) is 0 Å². The summed E-state index contributed by atoms with van der Waals surface area (Å²) in [6.45, 7) is 3.41. The van der Waals surface area contributed by atoms with Gasteiger partial charge in [0.25, 0.3) is 0 Å². The predicted molar refractivity (Wildman–Crippen MR) is 70.9 cm³/mol. The van der Waals surface area contributed by atoms with E-state index < -0.39 is 11.7 Å². The monoisotopic (exact) mass is 292 g/mol. The zero-order chi connectivity index (χ0) is 15.6. The first-order valence-corrected chi connectivity index (χ1v) is 6.01. The van der Waals surface area contributed by atoms with Crippen LogP contribution in [0.15, 0.2) is 24.3 Å². The molecule has 1 aromatic heterocycles. The fourth-order valence-corrected chi connectivity index (χ4v) is 1.74. The van der Waals surface area contributed by atoms with Crippen molar-refractivity contribution in [3.63, 3.8) is 0 Å². The van der Waals surface area contributed by atoms with Crippen molar-refractivity contribution in [1.29, 1.82) is 5.26 Å². The topological polar surface area (TPSA) is 61.6 Å². The van der Waals surface area contributed by atoms with Gasteiger partial charge >= 0.3 is 6.18 Å². The molecule has 1 N–H and O–H groups in total. The Morgan fingerprint density at radius 1 is 1.19 bits per heavy atom. The molecule has 0 aliphatic heterocycles. The Hall–Kier alpha value is -2.62. The van der Waals surface area contributed by atoms with Crippen molar-refractivity contribution in [2.75, 3.05) is 5.32 Å². The second-order valence-corrected chi connectivity index (χ2v) is 4.45. The first-order valence-electron chi connectivity index (χ1n) is 6.01. The van der Waals surface area contributed by atoms with E-state index in [2.05, 4.69) is 15.5 Å². The van der Waals surface area contributed by atoms with Gasteiger partial charge in [0.15, 0.2) is 5.82 Å². The molecule has 2 rings (SSSR count). The van der Waals surface area contributed by atoms with Gasteiger partial charge in [-0.15, -0.1) is 5.10 Å². The fraction of sp³-hybridized carbons (Fsp3) is 0.214. The molecule has 0 aliphatic carbocycles. The Morgan fingerprint density at radius 3 is 2.52 bits per heavy atom. The molecule has 0 radical (unpaired) electrons. The number of benzene rings is 1. The van der Waals surface area contributed by atoms with Crippen LogP contribution in [0.2, 0.25) is 0 Å². The molecule has 0 spiro atoms. The number of aromatic nitrogens is 2. The van der Waals surface area contributed by atoms with Gasteiger partial charge in [0.05, 0.1) is 11.3 Å². The molecule has 1 heterocycles. The van der Waals surface area contributed by atoms with E-state index >= 15 is 0 Å². The average molecular weight is 292 g/mol. The molecule has 0 aliphatic rings. The van der Waals surface area contributed by atoms with E-state index in [-0.39, 0.29) is 17.1 Å². The van der Waals surface area contributed by atoms with E-state index in [9.17, 15) is 13.2 Å². The Labute approximate surface area is 119 Å².